The predicted molar refractivity (Wildman–Crippen MR) is 87.5 cm³/mol. The molecule has 0 saturated carbocycles. The van der Waals surface area contributed by atoms with E-state index >= 15 is 0 Å². The molecule has 24 heavy (non-hydrogen) atoms. The highest BCUT2D eigenvalue weighted by molar-refractivity contribution is 5.97. The van der Waals surface area contributed by atoms with Crippen molar-refractivity contribution in [1.29, 1.82) is 0 Å². The average Bonchev–Trinajstić information content (AvgIpc) is 2.61. The molecule has 0 spiro atoms. The maximum atomic E-state index is 11.9. The summed E-state index contributed by atoms with van der Waals surface area (Å²) in [7, 11) is 1.33. The van der Waals surface area contributed by atoms with E-state index in [9.17, 15) is 4.79 Å². The third kappa shape index (κ3) is 2.81. The molecule has 0 saturated heterocycles. The lowest BCUT2D eigenvalue weighted by Gasteiger charge is -2.09. The molecule has 2 N–H and O–H groups in total. The second-order valence-corrected chi connectivity index (χ2v) is 4.78. The quantitative estimate of drug-likeness (QED) is 0.723. The third-order valence-corrected chi connectivity index (χ3v) is 3.28. The second-order valence-electron chi connectivity index (χ2n) is 4.78. The smallest absolute Gasteiger partial charge is 0.338 e. The van der Waals surface area contributed by atoms with Crippen molar-refractivity contribution >= 4 is 23.1 Å². The molecule has 2 aromatic heterocycles. The normalized spacial score (nSPS) is 10.6. The maximum Gasteiger partial charge on any atom is 0.338 e. The average molecular weight is 325 g/mol. The molecule has 0 radical (unpaired) electrons. The fraction of sp³-hybridized carbons (Fsp3) is 0.188. The maximum absolute atomic E-state index is 11.9. The number of fused-ring (bicyclic) bond motifs is 1. The van der Waals surface area contributed by atoms with E-state index in [0.29, 0.717) is 34.6 Å². The first-order valence-electron chi connectivity index (χ1n) is 7.24. The van der Waals surface area contributed by atoms with Crippen LogP contribution in [0.2, 0.25) is 0 Å². The summed E-state index contributed by atoms with van der Waals surface area (Å²) in [5.74, 6) is -0.140. The van der Waals surface area contributed by atoms with Crippen LogP contribution in [0.15, 0.2) is 30.5 Å². The summed E-state index contributed by atoms with van der Waals surface area (Å²) < 4.78 is 10.3. The number of anilines is 1. The largest absolute Gasteiger partial charge is 0.476 e. The number of ether oxygens (including phenoxy) is 2. The Balaban J connectivity index is 2.20. The fourth-order valence-corrected chi connectivity index (χ4v) is 2.26. The van der Waals surface area contributed by atoms with Crippen molar-refractivity contribution in [3.8, 4) is 17.1 Å². The van der Waals surface area contributed by atoms with Crippen molar-refractivity contribution in [1.82, 2.24) is 19.9 Å². The molecule has 0 atom stereocenters. The Kier molecular flexibility index (Phi) is 4.19. The molecule has 1 aromatic carbocycles. The van der Waals surface area contributed by atoms with Gasteiger partial charge in [-0.15, -0.1) is 0 Å². The Morgan fingerprint density at radius 2 is 2.00 bits per heavy atom. The first-order chi connectivity index (χ1) is 11.6. The van der Waals surface area contributed by atoms with Gasteiger partial charge in [0.2, 0.25) is 11.8 Å². The molecule has 0 aliphatic heterocycles. The molecule has 122 valence electrons. The van der Waals surface area contributed by atoms with Crippen LogP contribution in [0.3, 0.4) is 0 Å². The Morgan fingerprint density at radius 1 is 1.21 bits per heavy atom. The van der Waals surface area contributed by atoms with Gasteiger partial charge >= 0.3 is 5.97 Å². The van der Waals surface area contributed by atoms with Gasteiger partial charge in [-0.25, -0.2) is 14.8 Å². The van der Waals surface area contributed by atoms with Gasteiger partial charge in [0.25, 0.3) is 0 Å². The molecule has 8 nitrogen and oxygen atoms in total. The van der Waals surface area contributed by atoms with Gasteiger partial charge in [0, 0.05) is 5.56 Å². The molecule has 3 rings (SSSR count). The molecular formula is C16H15N5O3. The molecule has 2 heterocycles. The van der Waals surface area contributed by atoms with Gasteiger partial charge in [0.1, 0.15) is 0 Å². The first-order valence-corrected chi connectivity index (χ1v) is 7.24. The minimum atomic E-state index is -0.453. The minimum Gasteiger partial charge on any atom is -0.476 e. The molecule has 0 fully saturated rings. The van der Waals surface area contributed by atoms with Crippen LogP contribution in [0.4, 0.5) is 5.95 Å². The van der Waals surface area contributed by atoms with E-state index in [2.05, 4.69) is 19.9 Å². The van der Waals surface area contributed by atoms with E-state index in [-0.39, 0.29) is 11.8 Å². The summed E-state index contributed by atoms with van der Waals surface area (Å²) in [4.78, 5) is 28.8. The lowest BCUT2D eigenvalue weighted by Crippen LogP contribution is -2.06. The fourth-order valence-electron chi connectivity index (χ4n) is 2.26. The number of nitrogens with zero attached hydrogens (tertiary/aromatic N) is 4. The number of esters is 1. The first kappa shape index (κ1) is 15.6. The number of nitrogen functional groups attached to an aromatic ring is 1. The van der Waals surface area contributed by atoms with Gasteiger partial charge < -0.3 is 15.2 Å². The number of nitrogens with two attached hydrogens (primary N) is 1. The molecule has 0 aliphatic carbocycles. The number of carbonyl (C=O) groups excluding carboxylic acids is 1. The lowest BCUT2D eigenvalue weighted by molar-refractivity contribution is 0.0601. The Morgan fingerprint density at radius 3 is 2.75 bits per heavy atom. The lowest BCUT2D eigenvalue weighted by atomic mass is 10.1. The zero-order valence-corrected chi connectivity index (χ0v) is 13.2. The number of carbonyl (C=O) groups is 1. The van der Waals surface area contributed by atoms with Crippen LogP contribution in [0.1, 0.15) is 17.3 Å². The van der Waals surface area contributed by atoms with Crippen LogP contribution in [-0.2, 0) is 4.74 Å². The molecule has 8 heteroatoms. The van der Waals surface area contributed by atoms with Crippen LogP contribution < -0.4 is 10.5 Å². The monoisotopic (exact) mass is 325 g/mol. The minimum absolute atomic E-state index is 0.0583. The topological polar surface area (TPSA) is 113 Å². The SMILES string of the molecule is CCOc1nc(N)nc2ncc(-c3ccccc3C(=O)OC)nc12. The highest BCUT2D eigenvalue weighted by atomic mass is 16.5. The standard InChI is InChI=1S/C16H15N5O3/c1-3-24-14-12-13(20-16(17)21-14)18-8-11(19-12)9-6-4-5-7-10(9)15(22)23-2/h4-8H,3H2,1-2H3,(H2,17,18,20,21). The van der Waals surface area contributed by atoms with E-state index < -0.39 is 5.97 Å². The number of rotatable bonds is 4. The summed E-state index contributed by atoms with van der Waals surface area (Å²) >= 11 is 0. The van der Waals surface area contributed by atoms with Crippen molar-refractivity contribution < 1.29 is 14.3 Å². The third-order valence-electron chi connectivity index (χ3n) is 3.28. The van der Waals surface area contributed by atoms with Crippen LogP contribution in [0, 0.1) is 0 Å². The van der Waals surface area contributed by atoms with Crippen molar-refractivity contribution in [3.05, 3.63) is 36.0 Å². The van der Waals surface area contributed by atoms with Crippen molar-refractivity contribution in [3.63, 3.8) is 0 Å². The van der Waals surface area contributed by atoms with E-state index in [1.54, 1.807) is 24.3 Å². The Hall–Kier alpha value is -3.29. The summed E-state index contributed by atoms with van der Waals surface area (Å²) in [5, 5.41) is 0. The summed E-state index contributed by atoms with van der Waals surface area (Å²) in [5.41, 5.74) is 7.83. The number of aromatic nitrogens is 4. The van der Waals surface area contributed by atoms with Gasteiger partial charge in [0.15, 0.2) is 11.2 Å². The van der Waals surface area contributed by atoms with E-state index in [4.69, 9.17) is 15.2 Å². The molecule has 3 aromatic rings. The molecule has 0 aliphatic rings. The van der Waals surface area contributed by atoms with Crippen LogP contribution in [0.5, 0.6) is 5.88 Å². The van der Waals surface area contributed by atoms with Crippen molar-refractivity contribution in [2.24, 2.45) is 0 Å². The van der Waals surface area contributed by atoms with Crippen molar-refractivity contribution in [2.75, 3.05) is 19.5 Å². The second kappa shape index (κ2) is 6.45. The van der Waals surface area contributed by atoms with Gasteiger partial charge in [-0.05, 0) is 13.0 Å². The highest BCUT2D eigenvalue weighted by Crippen LogP contribution is 2.26. The van der Waals surface area contributed by atoms with Gasteiger partial charge in [-0.3, -0.25) is 0 Å². The van der Waals surface area contributed by atoms with E-state index in [1.165, 1.54) is 13.3 Å². The van der Waals surface area contributed by atoms with E-state index in [0.717, 1.165) is 0 Å². The number of benzene rings is 1. The highest BCUT2D eigenvalue weighted by Gasteiger charge is 2.16. The number of hydrogen-bond acceptors (Lipinski definition) is 8. The number of methoxy groups -OCH3 is 1. The zero-order chi connectivity index (χ0) is 17.1. The van der Waals surface area contributed by atoms with Crippen LogP contribution >= 0.6 is 0 Å². The molecule has 0 bridgehead atoms. The molecule has 0 unspecified atom stereocenters. The molecular weight excluding hydrogens is 310 g/mol. The van der Waals surface area contributed by atoms with Gasteiger partial charge in [-0.2, -0.15) is 9.97 Å². The predicted octanol–water partition coefficient (Wildman–Crippen LogP) is 1.85. The van der Waals surface area contributed by atoms with Gasteiger partial charge in [0.05, 0.1) is 31.2 Å². The van der Waals surface area contributed by atoms with E-state index in [1.807, 2.05) is 6.92 Å². The zero-order valence-electron chi connectivity index (χ0n) is 13.2. The Bertz CT molecular complexity index is 913. The summed E-state index contributed by atoms with van der Waals surface area (Å²) in [6.45, 7) is 2.23. The number of hydrogen-bond donors (Lipinski definition) is 1. The van der Waals surface area contributed by atoms with Crippen molar-refractivity contribution in [2.45, 2.75) is 6.92 Å². The summed E-state index contributed by atoms with van der Waals surface area (Å²) in [6, 6.07) is 6.98. The Labute approximate surface area is 137 Å². The van der Waals surface area contributed by atoms with Crippen LogP contribution in [0.25, 0.3) is 22.4 Å². The summed E-state index contributed by atoms with van der Waals surface area (Å²) in [6.07, 6.45) is 1.52. The molecule has 0 amide bonds. The van der Waals surface area contributed by atoms with Gasteiger partial charge in [-0.1, -0.05) is 18.2 Å². The van der Waals surface area contributed by atoms with Crippen LogP contribution in [-0.4, -0.2) is 39.6 Å².